The molecule has 3 amide bonds. The number of urea groups is 1. The molecule has 0 radical (unpaired) electrons. The number of benzene rings is 2. The van der Waals surface area contributed by atoms with E-state index in [9.17, 15) is 14.4 Å². The topological polar surface area (TPSA) is 148 Å². The number of nitrogens with two attached hydrogens (primary N) is 1. The molecule has 3 aromatic rings. The number of H-pyrrole nitrogens is 1. The first kappa shape index (κ1) is 24.3. The number of aromatic nitrogens is 2. The van der Waals surface area contributed by atoms with Crippen molar-refractivity contribution < 1.29 is 23.9 Å². The minimum absolute atomic E-state index is 0.0870. The number of methoxy groups -OCH3 is 1. The number of ether oxygens (including phenoxy) is 2. The first-order chi connectivity index (χ1) is 16.4. The summed E-state index contributed by atoms with van der Waals surface area (Å²) < 4.78 is 10.3. The van der Waals surface area contributed by atoms with Crippen LogP contribution >= 0.6 is 0 Å². The molecule has 3 rings (SSSR count). The summed E-state index contributed by atoms with van der Waals surface area (Å²) in [5.74, 6) is 0.00610. The number of hydrogen-bond acceptors (Lipinski definition) is 6. The number of primary amides is 1. The number of hydrogen-bond donors (Lipinski definition) is 4. The van der Waals surface area contributed by atoms with E-state index in [-0.39, 0.29) is 11.5 Å². The fourth-order valence-electron chi connectivity index (χ4n) is 3.09. The smallest absolute Gasteiger partial charge is 0.337 e. The van der Waals surface area contributed by atoms with Gasteiger partial charge in [-0.3, -0.25) is 10.1 Å². The van der Waals surface area contributed by atoms with E-state index in [4.69, 9.17) is 10.5 Å². The van der Waals surface area contributed by atoms with Crippen LogP contribution in [0.25, 0.3) is 0 Å². The molecule has 0 bridgehead atoms. The fraction of sp³-hybridized carbons (Fsp3) is 0.250. The van der Waals surface area contributed by atoms with Crippen LogP contribution in [0.15, 0.2) is 48.5 Å². The lowest BCUT2D eigenvalue weighted by atomic mass is 10.1. The van der Waals surface area contributed by atoms with Crippen molar-refractivity contribution >= 4 is 29.4 Å². The quantitative estimate of drug-likeness (QED) is 0.265. The average molecular weight is 466 g/mol. The molecule has 178 valence electrons. The minimum Gasteiger partial charge on any atom is -0.494 e. The van der Waals surface area contributed by atoms with Gasteiger partial charge < -0.3 is 25.5 Å². The third kappa shape index (κ3) is 6.58. The third-order valence-corrected chi connectivity index (χ3v) is 4.85. The molecule has 10 heteroatoms. The van der Waals surface area contributed by atoms with E-state index in [1.807, 2.05) is 0 Å². The molecular weight excluding hydrogens is 438 g/mol. The summed E-state index contributed by atoms with van der Waals surface area (Å²) in [6.45, 7) is 2.72. The van der Waals surface area contributed by atoms with Gasteiger partial charge in [-0.1, -0.05) is 25.5 Å². The molecule has 10 nitrogen and oxygen atoms in total. The van der Waals surface area contributed by atoms with Gasteiger partial charge in [-0.2, -0.15) is 0 Å². The highest BCUT2D eigenvalue weighted by molar-refractivity contribution is 6.04. The van der Waals surface area contributed by atoms with Crippen molar-refractivity contribution in [2.45, 2.75) is 26.2 Å². The van der Waals surface area contributed by atoms with Crippen molar-refractivity contribution in [3.8, 4) is 5.75 Å². The number of esters is 1. The standard InChI is InChI=1S/C24H27N5O5/c1-3-4-13-34-18-11-9-17(10-12-18)26-24(32)29-22-20(21(25)30)27-19(28-22)14-15-5-7-16(8-6-15)23(31)33-2/h5-12H,3-4,13-14H2,1-2H3,(H2,25,30)(H,27,28)(H2,26,29,32). The van der Waals surface area contributed by atoms with Crippen LogP contribution in [-0.4, -0.2) is 41.6 Å². The fourth-order valence-corrected chi connectivity index (χ4v) is 3.09. The van der Waals surface area contributed by atoms with E-state index in [2.05, 4.69) is 32.3 Å². The Morgan fingerprint density at radius 3 is 2.35 bits per heavy atom. The zero-order valence-corrected chi connectivity index (χ0v) is 19.0. The molecule has 0 unspecified atom stereocenters. The average Bonchev–Trinajstić information content (AvgIpc) is 3.22. The van der Waals surface area contributed by atoms with Crippen molar-refractivity contribution in [1.29, 1.82) is 0 Å². The van der Waals surface area contributed by atoms with E-state index in [0.29, 0.717) is 35.9 Å². The Morgan fingerprint density at radius 2 is 1.74 bits per heavy atom. The van der Waals surface area contributed by atoms with Crippen LogP contribution in [0.2, 0.25) is 0 Å². The third-order valence-electron chi connectivity index (χ3n) is 4.85. The molecule has 1 aromatic heterocycles. The van der Waals surface area contributed by atoms with E-state index in [1.54, 1.807) is 48.5 Å². The Labute approximate surface area is 196 Å². The van der Waals surface area contributed by atoms with Gasteiger partial charge >= 0.3 is 12.0 Å². The van der Waals surface area contributed by atoms with E-state index in [1.165, 1.54) is 7.11 Å². The van der Waals surface area contributed by atoms with Gasteiger partial charge in [-0.05, 0) is 48.4 Å². The molecule has 2 aromatic carbocycles. The molecule has 0 aliphatic heterocycles. The van der Waals surface area contributed by atoms with Crippen molar-refractivity contribution in [2.75, 3.05) is 24.4 Å². The monoisotopic (exact) mass is 465 g/mol. The highest BCUT2D eigenvalue weighted by atomic mass is 16.5. The molecular formula is C24H27N5O5. The van der Waals surface area contributed by atoms with Gasteiger partial charge in [0.25, 0.3) is 5.91 Å². The second-order valence-electron chi connectivity index (χ2n) is 7.44. The first-order valence-corrected chi connectivity index (χ1v) is 10.8. The highest BCUT2D eigenvalue weighted by Crippen LogP contribution is 2.18. The van der Waals surface area contributed by atoms with Gasteiger partial charge in [0.15, 0.2) is 5.69 Å². The SMILES string of the molecule is CCCCOc1ccc(NC(=O)Nc2[nH]c(Cc3ccc(C(=O)OC)cc3)nc2C(N)=O)cc1. The number of aromatic amines is 1. The summed E-state index contributed by atoms with van der Waals surface area (Å²) in [6.07, 6.45) is 2.34. The van der Waals surface area contributed by atoms with Gasteiger partial charge in [0.1, 0.15) is 17.4 Å². The Morgan fingerprint density at radius 1 is 1.03 bits per heavy atom. The van der Waals surface area contributed by atoms with E-state index >= 15 is 0 Å². The summed E-state index contributed by atoms with van der Waals surface area (Å²) in [5.41, 5.74) is 7.13. The number of unbranched alkanes of at least 4 members (excludes halogenated alkanes) is 1. The maximum atomic E-state index is 12.5. The summed E-state index contributed by atoms with van der Waals surface area (Å²) in [6, 6.07) is 13.1. The normalized spacial score (nSPS) is 10.4. The van der Waals surface area contributed by atoms with Gasteiger partial charge in [-0.25, -0.2) is 14.6 Å². The second-order valence-corrected chi connectivity index (χ2v) is 7.44. The number of imidazole rings is 1. The largest absolute Gasteiger partial charge is 0.494 e. The number of anilines is 2. The summed E-state index contributed by atoms with van der Waals surface area (Å²) in [7, 11) is 1.31. The Bertz CT molecular complexity index is 1140. The van der Waals surface area contributed by atoms with Crippen LogP contribution in [0.3, 0.4) is 0 Å². The second kappa shape index (κ2) is 11.5. The van der Waals surface area contributed by atoms with E-state index < -0.39 is 17.9 Å². The predicted molar refractivity (Wildman–Crippen MR) is 127 cm³/mol. The first-order valence-electron chi connectivity index (χ1n) is 10.8. The van der Waals surface area contributed by atoms with Crippen molar-refractivity contribution in [3.05, 3.63) is 71.2 Å². The van der Waals surface area contributed by atoms with Crippen LogP contribution in [0, 0.1) is 0 Å². The molecule has 0 aliphatic rings. The zero-order chi connectivity index (χ0) is 24.5. The summed E-state index contributed by atoms with van der Waals surface area (Å²) in [5, 5.41) is 5.26. The highest BCUT2D eigenvalue weighted by Gasteiger charge is 2.18. The lowest BCUT2D eigenvalue weighted by molar-refractivity contribution is 0.0600. The van der Waals surface area contributed by atoms with Crippen LogP contribution in [0.1, 0.15) is 52.0 Å². The predicted octanol–water partition coefficient (Wildman–Crippen LogP) is 3.71. The maximum Gasteiger partial charge on any atom is 0.337 e. The molecule has 1 heterocycles. The molecule has 0 atom stereocenters. The van der Waals surface area contributed by atoms with Crippen LogP contribution in [-0.2, 0) is 11.2 Å². The summed E-state index contributed by atoms with van der Waals surface area (Å²) >= 11 is 0. The van der Waals surface area contributed by atoms with Gasteiger partial charge in [0, 0.05) is 12.1 Å². The van der Waals surface area contributed by atoms with Crippen LogP contribution in [0.5, 0.6) is 5.75 Å². The van der Waals surface area contributed by atoms with Gasteiger partial charge in [0.05, 0.1) is 19.3 Å². The number of rotatable bonds is 10. The number of amides is 3. The van der Waals surface area contributed by atoms with Crippen molar-refractivity contribution in [2.24, 2.45) is 5.73 Å². The Kier molecular flexibility index (Phi) is 8.22. The minimum atomic E-state index is -0.785. The lowest BCUT2D eigenvalue weighted by Gasteiger charge is -2.09. The Hall–Kier alpha value is -4.34. The van der Waals surface area contributed by atoms with E-state index in [0.717, 1.165) is 18.4 Å². The number of nitrogens with one attached hydrogen (secondary N) is 3. The van der Waals surface area contributed by atoms with Crippen molar-refractivity contribution in [1.82, 2.24) is 9.97 Å². The van der Waals surface area contributed by atoms with Crippen LogP contribution in [0.4, 0.5) is 16.3 Å². The van der Waals surface area contributed by atoms with Crippen molar-refractivity contribution in [3.63, 3.8) is 0 Å². The molecule has 0 fully saturated rings. The molecule has 34 heavy (non-hydrogen) atoms. The number of nitrogens with zero attached hydrogens (tertiary/aromatic N) is 1. The summed E-state index contributed by atoms with van der Waals surface area (Å²) in [4.78, 5) is 43.0. The lowest BCUT2D eigenvalue weighted by Crippen LogP contribution is -2.22. The van der Waals surface area contributed by atoms with Gasteiger partial charge in [-0.15, -0.1) is 0 Å². The maximum absolute atomic E-state index is 12.5. The molecule has 0 spiro atoms. The number of carbonyl (C=O) groups is 3. The molecule has 5 N–H and O–H groups in total. The molecule has 0 saturated heterocycles. The Balaban J connectivity index is 1.64. The molecule has 0 aliphatic carbocycles. The zero-order valence-electron chi connectivity index (χ0n) is 19.0. The van der Waals surface area contributed by atoms with Crippen LogP contribution < -0.4 is 21.1 Å². The number of carbonyl (C=O) groups excluding carboxylic acids is 3. The molecule has 0 saturated carbocycles. The van der Waals surface area contributed by atoms with Gasteiger partial charge in [0.2, 0.25) is 0 Å².